The van der Waals surface area contributed by atoms with Crippen LogP contribution >= 0.6 is 0 Å². The minimum absolute atomic E-state index is 0.0626. The van der Waals surface area contributed by atoms with E-state index in [1.807, 2.05) is 26.8 Å². The number of carbonyl (C=O) groups excluding carboxylic acids is 1. The van der Waals surface area contributed by atoms with Gasteiger partial charge < -0.3 is 5.32 Å². The van der Waals surface area contributed by atoms with Crippen molar-refractivity contribution in [2.45, 2.75) is 51.3 Å². The molecule has 1 amide bonds. The molecule has 2 aromatic carbocycles. The second kappa shape index (κ2) is 9.66. The van der Waals surface area contributed by atoms with E-state index in [4.69, 9.17) is 0 Å². The highest BCUT2D eigenvalue weighted by molar-refractivity contribution is 7.89. The largest absolute Gasteiger partial charge is 0.350 e. The molecular formula is C25H29F2N3O3S. The second-order valence-electron chi connectivity index (χ2n) is 9.52. The number of hydrogen-bond acceptors (Lipinski definition) is 4. The van der Waals surface area contributed by atoms with Gasteiger partial charge >= 0.3 is 0 Å². The minimum atomic E-state index is -3.38. The highest BCUT2D eigenvalue weighted by Crippen LogP contribution is 2.25. The molecule has 6 nitrogen and oxygen atoms in total. The first-order valence-electron chi connectivity index (χ1n) is 10.8. The summed E-state index contributed by atoms with van der Waals surface area (Å²) in [5, 5.41) is 7.47. The number of nitrogens with zero attached hydrogens (tertiary/aromatic N) is 2. The number of benzene rings is 2. The summed E-state index contributed by atoms with van der Waals surface area (Å²) in [5.41, 5.74) is 2.24. The molecule has 34 heavy (non-hydrogen) atoms. The molecule has 0 saturated carbocycles. The van der Waals surface area contributed by atoms with Gasteiger partial charge in [-0.2, -0.15) is 5.10 Å². The lowest BCUT2D eigenvalue weighted by Gasteiger charge is -2.14. The van der Waals surface area contributed by atoms with Crippen molar-refractivity contribution in [3.05, 3.63) is 82.7 Å². The molecule has 1 heterocycles. The normalized spacial score (nSPS) is 13.0. The highest BCUT2D eigenvalue weighted by Gasteiger charge is 2.22. The number of nitrogens with one attached hydrogen (secondary N) is 1. The molecule has 1 atom stereocenters. The van der Waals surface area contributed by atoms with Gasteiger partial charge in [-0.05, 0) is 42.8 Å². The van der Waals surface area contributed by atoms with Crippen LogP contribution in [0.1, 0.15) is 56.1 Å². The average molecular weight is 490 g/mol. The van der Waals surface area contributed by atoms with Crippen molar-refractivity contribution in [1.82, 2.24) is 15.1 Å². The van der Waals surface area contributed by atoms with Gasteiger partial charge in [0.2, 0.25) is 5.91 Å². The molecule has 3 rings (SSSR count). The lowest BCUT2D eigenvalue weighted by molar-refractivity contribution is -0.122. The van der Waals surface area contributed by atoms with Gasteiger partial charge in [0.1, 0.15) is 11.6 Å². The van der Waals surface area contributed by atoms with Crippen LogP contribution in [0, 0.1) is 11.6 Å². The lowest BCUT2D eigenvalue weighted by Crippen LogP contribution is -2.28. The first kappa shape index (κ1) is 25.6. The molecule has 0 aliphatic carbocycles. The monoisotopic (exact) mass is 489 g/mol. The third-order valence-electron chi connectivity index (χ3n) is 5.44. The Labute approximate surface area is 198 Å². The first-order valence-corrected chi connectivity index (χ1v) is 12.9. The van der Waals surface area contributed by atoms with E-state index in [2.05, 4.69) is 10.4 Å². The van der Waals surface area contributed by atoms with Crippen molar-refractivity contribution in [2.24, 2.45) is 0 Å². The highest BCUT2D eigenvalue weighted by atomic mass is 32.2. The van der Waals surface area contributed by atoms with Crippen molar-refractivity contribution in [1.29, 1.82) is 0 Å². The Kier molecular flexibility index (Phi) is 7.26. The topological polar surface area (TPSA) is 81.1 Å². The number of aromatic nitrogens is 2. The van der Waals surface area contributed by atoms with Gasteiger partial charge in [0, 0.05) is 17.2 Å². The molecule has 0 spiro atoms. The van der Waals surface area contributed by atoms with Crippen LogP contribution in [0.4, 0.5) is 8.78 Å². The number of halogens is 2. The van der Waals surface area contributed by atoms with Crippen LogP contribution in [0.25, 0.3) is 5.69 Å². The maximum Gasteiger partial charge on any atom is 0.227 e. The van der Waals surface area contributed by atoms with E-state index in [0.717, 1.165) is 11.9 Å². The molecule has 0 bridgehead atoms. The van der Waals surface area contributed by atoms with E-state index in [1.54, 1.807) is 29.8 Å². The first-order chi connectivity index (χ1) is 15.7. The summed E-state index contributed by atoms with van der Waals surface area (Å²) in [4.78, 5) is 12.8. The molecule has 1 unspecified atom stereocenters. The van der Waals surface area contributed by atoms with Gasteiger partial charge in [-0.15, -0.1) is 0 Å². The molecule has 0 radical (unpaired) electrons. The Bertz CT molecular complexity index is 1310. The van der Waals surface area contributed by atoms with Gasteiger partial charge in [-0.3, -0.25) is 4.79 Å². The standard InChI is InChI=1S/C25H29F2N3O3S/c1-16(17-9-10-18(22(27)11-17)15-34(5,32)33)24(31)28-14-21-13-23(25(2,3)4)29-30(21)20-8-6-7-19(26)12-20/h6-13,16H,14-15H2,1-5H3,(H,28,31). The van der Waals surface area contributed by atoms with E-state index in [-0.39, 0.29) is 23.4 Å². The second-order valence-corrected chi connectivity index (χ2v) is 11.7. The van der Waals surface area contributed by atoms with Gasteiger partial charge in [0.05, 0.1) is 35.3 Å². The van der Waals surface area contributed by atoms with Crippen molar-refractivity contribution in [2.75, 3.05) is 6.26 Å². The van der Waals surface area contributed by atoms with E-state index in [9.17, 15) is 22.0 Å². The van der Waals surface area contributed by atoms with Crippen molar-refractivity contribution >= 4 is 15.7 Å². The Morgan fingerprint density at radius 2 is 1.82 bits per heavy atom. The molecule has 1 aromatic heterocycles. The fraction of sp³-hybridized carbons (Fsp3) is 0.360. The maximum atomic E-state index is 14.4. The van der Waals surface area contributed by atoms with E-state index < -0.39 is 33.1 Å². The molecule has 9 heteroatoms. The predicted octanol–water partition coefficient (Wildman–Crippen LogP) is 4.41. The fourth-order valence-corrected chi connectivity index (χ4v) is 4.26. The van der Waals surface area contributed by atoms with E-state index in [1.165, 1.54) is 24.3 Å². The number of sulfone groups is 1. The number of hydrogen-bond donors (Lipinski definition) is 1. The van der Waals surface area contributed by atoms with Crippen molar-refractivity contribution < 1.29 is 22.0 Å². The molecule has 0 saturated heterocycles. The predicted molar refractivity (Wildman–Crippen MR) is 127 cm³/mol. The summed E-state index contributed by atoms with van der Waals surface area (Å²) < 4.78 is 52.7. The average Bonchev–Trinajstić information content (AvgIpc) is 3.17. The van der Waals surface area contributed by atoms with Crippen molar-refractivity contribution in [3.63, 3.8) is 0 Å². The Hall–Kier alpha value is -3.07. The molecule has 182 valence electrons. The molecule has 0 fully saturated rings. The van der Waals surface area contributed by atoms with Crippen LogP contribution in [-0.2, 0) is 32.3 Å². The molecular weight excluding hydrogens is 460 g/mol. The zero-order valence-electron chi connectivity index (χ0n) is 19.9. The summed E-state index contributed by atoms with van der Waals surface area (Å²) in [6.07, 6.45) is 1.04. The third-order valence-corrected chi connectivity index (χ3v) is 6.27. The summed E-state index contributed by atoms with van der Waals surface area (Å²) in [5.74, 6) is -2.47. The summed E-state index contributed by atoms with van der Waals surface area (Å²) in [6, 6.07) is 12.1. The van der Waals surface area contributed by atoms with E-state index in [0.29, 0.717) is 16.9 Å². The molecule has 0 aliphatic heterocycles. The van der Waals surface area contributed by atoms with Gasteiger partial charge in [0.15, 0.2) is 9.84 Å². The molecule has 1 N–H and O–H groups in total. The van der Waals surface area contributed by atoms with Crippen molar-refractivity contribution in [3.8, 4) is 5.69 Å². The Morgan fingerprint density at radius 1 is 1.12 bits per heavy atom. The van der Waals surface area contributed by atoms with Gasteiger partial charge in [-0.25, -0.2) is 21.9 Å². The van der Waals surface area contributed by atoms with Crippen LogP contribution in [0.3, 0.4) is 0 Å². The molecule has 3 aromatic rings. The summed E-state index contributed by atoms with van der Waals surface area (Å²) in [7, 11) is -3.38. The van der Waals surface area contributed by atoms with Crippen LogP contribution in [0.2, 0.25) is 0 Å². The van der Waals surface area contributed by atoms with Crippen LogP contribution in [0.15, 0.2) is 48.5 Å². The fourth-order valence-electron chi connectivity index (χ4n) is 3.46. The summed E-state index contributed by atoms with van der Waals surface area (Å²) in [6.45, 7) is 7.81. The summed E-state index contributed by atoms with van der Waals surface area (Å²) >= 11 is 0. The SMILES string of the molecule is CC(C(=O)NCc1cc(C(C)(C)C)nn1-c1cccc(F)c1)c1ccc(CS(C)(=O)=O)c(F)c1. The lowest BCUT2D eigenvalue weighted by atomic mass is 9.92. The van der Waals surface area contributed by atoms with Gasteiger partial charge in [0.25, 0.3) is 0 Å². The third kappa shape index (κ3) is 6.28. The smallest absolute Gasteiger partial charge is 0.227 e. The van der Waals surface area contributed by atoms with E-state index >= 15 is 0 Å². The molecule has 0 aliphatic rings. The van der Waals surface area contributed by atoms with Crippen LogP contribution in [0.5, 0.6) is 0 Å². The quantitative estimate of drug-likeness (QED) is 0.533. The van der Waals surface area contributed by atoms with Crippen LogP contribution < -0.4 is 5.32 Å². The number of amides is 1. The Balaban J connectivity index is 1.80. The number of carbonyl (C=O) groups is 1. The van der Waals surface area contributed by atoms with Crippen LogP contribution in [-0.4, -0.2) is 30.4 Å². The zero-order chi connectivity index (χ0) is 25.3. The minimum Gasteiger partial charge on any atom is -0.350 e. The Morgan fingerprint density at radius 3 is 2.41 bits per heavy atom. The zero-order valence-corrected chi connectivity index (χ0v) is 20.7. The maximum absolute atomic E-state index is 14.4. The number of rotatable bonds is 7. The van der Waals surface area contributed by atoms with Gasteiger partial charge in [-0.1, -0.05) is 39.0 Å².